The van der Waals surface area contributed by atoms with E-state index in [-0.39, 0.29) is 12.5 Å². The summed E-state index contributed by atoms with van der Waals surface area (Å²) in [7, 11) is 0. The maximum absolute atomic E-state index is 15.4. The number of nitrogens with two attached hydrogens (primary N) is 1. The maximum Gasteiger partial charge on any atom is 0.148 e. The van der Waals surface area contributed by atoms with Crippen LogP contribution in [-0.2, 0) is 12.1 Å². The Bertz CT molecular complexity index is 596. The summed E-state index contributed by atoms with van der Waals surface area (Å²) in [6, 6.07) is 17.8. The van der Waals surface area contributed by atoms with E-state index < -0.39 is 5.67 Å². The van der Waals surface area contributed by atoms with Crippen LogP contribution in [0.5, 0.6) is 0 Å². The Morgan fingerprint density at radius 2 is 1.76 bits per heavy atom. The van der Waals surface area contributed by atoms with E-state index in [4.69, 9.17) is 5.73 Å². The Morgan fingerprint density at radius 3 is 2.52 bits per heavy atom. The van der Waals surface area contributed by atoms with E-state index in [1.165, 1.54) is 11.1 Å². The Kier molecular flexibility index (Phi) is 4.07. The third-order valence-corrected chi connectivity index (χ3v) is 4.68. The van der Waals surface area contributed by atoms with E-state index in [0.717, 1.165) is 19.3 Å². The molecule has 0 aliphatic heterocycles. The van der Waals surface area contributed by atoms with E-state index in [1.807, 2.05) is 30.3 Å². The summed E-state index contributed by atoms with van der Waals surface area (Å²) in [5.74, 6) is 0.267. The van der Waals surface area contributed by atoms with Gasteiger partial charge in [0.1, 0.15) is 5.67 Å². The van der Waals surface area contributed by atoms with Gasteiger partial charge >= 0.3 is 0 Å². The minimum absolute atomic E-state index is 0.0374. The number of fused-ring (bicyclic) bond motifs is 1. The summed E-state index contributed by atoms with van der Waals surface area (Å²) in [5, 5.41) is 0. The molecule has 0 radical (unpaired) electrons. The average molecular weight is 283 g/mol. The summed E-state index contributed by atoms with van der Waals surface area (Å²) in [6.45, 7) is 0.0374. The first-order valence-electron chi connectivity index (χ1n) is 7.75. The van der Waals surface area contributed by atoms with Crippen LogP contribution in [0.3, 0.4) is 0 Å². The van der Waals surface area contributed by atoms with Gasteiger partial charge in [-0.2, -0.15) is 0 Å². The first-order chi connectivity index (χ1) is 10.2. The predicted molar refractivity (Wildman–Crippen MR) is 85.0 cm³/mol. The number of rotatable bonds is 4. The molecule has 0 saturated carbocycles. The molecule has 2 unspecified atom stereocenters. The van der Waals surface area contributed by atoms with Crippen molar-refractivity contribution in [2.45, 2.75) is 37.3 Å². The van der Waals surface area contributed by atoms with Crippen molar-refractivity contribution in [2.75, 3.05) is 6.54 Å². The zero-order valence-electron chi connectivity index (χ0n) is 12.3. The van der Waals surface area contributed by atoms with Gasteiger partial charge in [0.05, 0.1) is 0 Å². The summed E-state index contributed by atoms with van der Waals surface area (Å²) < 4.78 is 15.4. The molecule has 2 heteroatoms. The first-order valence-corrected chi connectivity index (χ1v) is 7.75. The van der Waals surface area contributed by atoms with Gasteiger partial charge in [-0.05, 0) is 48.3 Å². The number of hydrogen-bond donors (Lipinski definition) is 1. The lowest BCUT2D eigenvalue weighted by molar-refractivity contribution is 0.144. The van der Waals surface area contributed by atoms with Crippen LogP contribution < -0.4 is 5.73 Å². The third kappa shape index (κ3) is 2.86. The molecule has 0 amide bonds. The molecule has 0 fully saturated rings. The highest BCUT2D eigenvalue weighted by Crippen LogP contribution is 2.41. The smallest absolute Gasteiger partial charge is 0.148 e. The molecule has 21 heavy (non-hydrogen) atoms. The van der Waals surface area contributed by atoms with Crippen LogP contribution in [0.25, 0.3) is 0 Å². The van der Waals surface area contributed by atoms with E-state index in [0.29, 0.717) is 12.0 Å². The molecule has 2 aromatic carbocycles. The van der Waals surface area contributed by atoms with Crippen molar-refractivity contribution >= 4 is 0 Å². The quantitative estimate of drug-likeness (QED) is 0.888. The largest absolute Gasteiger partial charge is 0.327 e. The number of alkyl halides is 1. The highest BCUT2D eigenvalue weighted by Gasteiger charge is 2.35. The number of benzene rings is 2. The third-order valence-electron chi connectivity index (χ3n) is 4.68. The standard InChI is InChI=1S/C19H22FN/c20-19(14-21,17-10-2-1-3-11-17)13-16-9-6-8-15-7-4-5-12-18(15)16/h1-5,7,10-12,16H,6,8-9,13-14,21H2. The number of aryl methyl sites for hydroxylation is 1. The van der Waals surface area contributed by atoms with Crippen LogP contribution in [-0.4, -0.2) is 6.54 Å². The van der Waals surface area contributed by atoms with Crippen molar-refractivity contribution in [3.8, 4) is 0 Å². The molecule has 2 aromatic rings. The lowest BCUT2D eigenvalue weighted by atomic mass is 9.75. The minimum atomic E-state index is -1.43. The van der Waals surface area contributed by atoms with Gasteiger partial charge in [0, 0.05) is 6.54 Å². The second-order valence-corrected chi connectivity index (χ2v) is 6.03. The lowest BCUT2D eigenvalue weighted by Gasteiger charge is -2.32. The molecular formula is C19H22FN. The van der Waals surface area contributed by atoms with Gasteiger partial charge < -0.3 is 5.73 Å². The van der Waals surface area contributed by atoms with E-state index >= 15 is 4.39 Å². The fraction of sp³-hybridized carbons (Fsp3) is 0.368. The van der Waals surface area contributed by atoms with Crippen molar-refractivity contribution < 1.29 is 4.39 Å². The predicted octanol–water partition coefficient (Wildman–Crippen LogP) is 4.32. The van der Waals surface area contributed by atoms with Gasteiger partial charge in [-0.3, -0.25) is 0 Å². The molecule has 110 valence electrons. The fourth-order valence-corrected chi connectivity index (χ4v) is 3.51. The molecule has 2 N–H and O–H groups in total. The molecule has 1 aliphatic carbocycles. The molecule has 0 bridgehead atoms. The zero-order valence-corrected chi connectivity index (χ0v) is 12.3. The number of hydrogen-bond acceptors (Lipinski definition) is 1. The molecule has 0 saturated heterocycles. The Hall–Kier alpha value is -1.67. The lowest BCUT2D eigenvalue weighted by Crippen LogP contribution is -2.33. The van der Waals surface area contributed by atoms with Crippen LogP contribution in [0.15, 0.2) is 54.6 Å². The molecule has 2 atom stereocenters. The minimum Gasteiger partial charge on any atom is -0.327 e. The van der Waals surface area contributed by atoms with Crippen molar-refractivity contribution in [3.05, 3.63) is 71.3 Å². The van der Waals surface area contributed by atoms with Gasteiger partial charge in [0.15, 0.2) is 0 Å². The molecule has 1 nitrogen and oxygen atoms in total. The topological polar surface area (TPSA) is 26.0 Å². The van der Waals surface area contributed by atoms with E-state index in [2.05, 4.69) is 24.3 Å². The van der Waals surface area contributed by atoms with Crippen LogP contribution in [0.4, 0.5) is 4.39 Å². The first kappa shape index (κ1) is 14.3. The Balaban J connectivity index is 1.89. The van der Waals surface area contributed by atoms with Gasteiger partial charge in [-0.1, -0.05) is 54.6 Å². The van der Waals surface area contributed by atoms with Crippen molar-refractivity contribution in [2.24, 2.45) is 5.73 Å². The van der Waals surface area contributed by atoms with Gasteiger partial charge in [-0.25, -0.2) is 4.39 Å². The normalized spacial score (nSPS) is 20.6. The molecule has 3 rings (SSSR count). The van der Waals surface area contributed by atoms with E-state index in [1.54, 1.807) is 0 Å². The second kappa shape index (κ2) is 5.98. The zero-order chi connectivity index (χ0) is 14.7. The van der Waals surface area contributed by atoms with Crippen molar-refractivity contribution in [3.63, 3.8) is 0 Å². The summed E-state index contributed by atoms with van der Waals surface area (Å²) >= 11 is 0. The van der Waals surface area contributed by atoms with Crippen LogP contribution in [0.1, 0.15) is 41.9 Å². The van der Waals surface area contributed by atoms with Crippen LogP contribution in [0.2, 0.25) is 0 Å². The monoisotopic (exact) mass is 283 g/mol. The Morgan fingerprint density at radius 1 is 1.05 bits per heavy atom. The second-order valence-electron chi connectivity index (χ2n) is 6.03. The van der Waals surface area contributed by atoms with Gasteiger partial charge in [-0.15, -0.1) is 0 Å². The summed E-state index contributed by atoms with van der Waals surface area (Å²) in [6.07, 6.45) is 3.77. The molecule has 0 heterocycles. The summed E-state index contributed by atoms with van der Waals surface area (Å²) in [5.41, 5.74) is 7.76. The van der Waals surface area contributed by atoms with Crippen molar-refractivity contribution in [1.82, 2.24) is 0 Å². The SMILES string of the molecule is NCC(F)(CC1CCCc2ccccc21)c1ccccc1. The Labute approximate surface area is 126 Å². The highest BCUT2D eigenvalue weighted by molar-refractivity contribution is 5.34. The molecule has 0 aromatic heterocycles. The molecule has 1 aliphatic rings. The molecule has 0 spiro atoms. The number of halogens is 1. The van der Waals surface area contributed by atoms with Crippen LogP contribution >= 0.6 is 0 Å². The maximum atomic E-state index is 15.4. The van der Waals surface area contributed by atoms with E-state index in [9.17, 15) is 0 Å². The highest BCUT2D eigenvalue weighted by atomic mass is 19.1. The fourth-order valence-electron chi connectivity index (χ4n) is 3.51. The van der Waals surface area contributed by atoms with Gasteiger partial charge in [0.25, 0.3) is 0 Å². The van der Waals surface area contributed by atoms with Crippen molar-refractivity contribution in [1.29, 1.82) is 0 Å². The van der Waals surface area contributed by atoms with Crippen LogP contribution in [0, 0.1) is 0 Å². The van der Waals surface area contributed by atoms with Gasteiger partial charge in [0.2, 0.25) is 0 Å². The summed E-state index contributed by atoms with van der Waals surface area (Å²) in [4.78, 5) is 0. The average Bonchev–Trinajstić information content (AvgIpc) is 2.56. The molecular weight excluding hydrogens is 261 g/mol.